The number of sulfonamides is 1. The number of unbranched alkanes of at least 4 members (excludes halogenated alkanes) is 1. The van der Waals surface area contributed by atoms with E-state index in [0.717, 1.165) is 18.4 Å². The van der Waals surface area contributed by atoms with Crippen LogP contribution >= 0.6 is 34.2 Å². The van der Waals surface area contributed by atoms with Crippen molar-refractivity contribution in [2.75, 3.05) is 7.11 Å². The quantitative estimate of drug-likeness (QED) is 0.292. The van der Waals surface area contributed by atoms with E-state index in [0.29, 0.717) is 40.7 Å². The fourth-order valence-electron chi connectivity index (χ4n) is 3.15. The van der Waals surface area contributed by atoms with Gasteiger partial charge in [-0.3, -0.25) is 4.79 Å². The van der Waals surface area contributed by atoms with Crippen LogP contribution in [0, 0.1) is 6.92 Å². The highest BCUT2D eigenvalue weighted by atomic mass is 127. The van der Waals surface area contributed by atoms with Crippen molar-refractivity contribution in [1.82, 2.24) is 19.3 Å². The van der Waals surface area contributed by atoms with Crippen molar-refractivity contribution in [1.29, 1.82) is 0 Å². The molecule has 172 valence electrons. The van der Waals surface area contributed by atoms with Gasteiger partial charge in [-0.25, -0.2) is 23.1 Å². The van der Waals surface area contributed by atoms with E-state index in [1.807, 2.05) is 53.1 Å². The molecule has 8 nitrogen and oxygen atoms in total. The molecule has 0 radical (unpaired) electrons. The number of amides is 1. The number of methoxy groups -OCH3 is 1. The Balaban J connectivity index is 1.89. The van der Waals surface area contributed by atoms with Crippen molar-refractivity contribution in [2.24, 2.45) is 0 Å². The van der Waals surface area contributed by atoms with Gasteiger partial charge in [0.15, 0.2) is 5.65 Å². The summed E-state index contributed by atoms with van der Waals surface area (Å²) in [7, 11) is -2.23. The maximum atomic E-state index is 12.7. The monoisotopic (exact) mass is 590 g/mol. The largest absolute Gasteiger partial charge is 0.497 e. The first-order chi connectivity index (χ1) is 15.2. The highest BCUT2D eigenvalue weighted by molar-refractivity contribution is 14.1. The number of nitrogens with zero attached hydrogens (tertiary/aromatic N) is 3. The van der Waals surface area contributed by atoms with Crippen molar-refractivity contribution in [3.8, 4) is 5.75 Å². The molecule has 1 amide bonds. The van der Waals surface area contributed by atoms with Crippen molar-refractivity contribution in [2.45, 2.75) is 42.9 Å². The molecule has 1 unspecified atom stereocenters. The Morgan fingerprint density at radius 2 is 2.03 bits per heavy atom. The zero-order valence-corrected chi connectivity index (χ0v) is 21.7. The number of carbonyl (C=O) groups excluding carboxylic acids is 1. The fraction of sp³-hybridized carbons (Fsp3) is 0.381. The normalized spacial score (nSPS) is 12.7. The summed E-state index contributed by atoms with van der Waals surface area (Å²) >= 11 is 8.23. The predicted octanol–water partition coefficient (Wildman–Crippen LogP) is 4.46. The molecule has 3 rings (SSSR count). The lowest BCUT2D eigenvalue weighted by molar-refractivity contribution is 0.0977. The standard InChI is InChI=1S/C21H24ClIN4O4S/c1-4-5-6-19(23)32(29,30)26-21(28)18-10-9-17-20(25-18)27(13(2)24-17)12-14-7-8-15(31-3)11-16(14)22/h7-11,19H,4-6,12H2,1-3H3,(H,26,28). The summed E-state index contributed by atoms with van der Waals surface area (Å²) in [6.45, 7) is 4.20. The molecule has 3 aromatic rings. The smallest absolute Gasteiger partial charge is 0.283 e. The molecule has 0 saturated heterocycles. The van der Waals surface area contributed by atoms with Gasteiger partial charge in [-0.05, 0) is 43.2 Å². The molecule has 0 fully saturated rings. The van der Waals surface area contributed by atoms with Gasteiger partial charge in [-0.1, -0.05) is 60.0 Å². The first kappa shape index (κ1) is 24.7. The van der Waals surface area contributed by atoms with Crippen LogP contribution in [0.25, 0.3) is 11.2 Å². The molecule has 0 saturated carbocycles. The summed E-state index contributed by atoms with van der Waals surface area (Å²) in [6, 6.07) is 8.51. The molecule has 2 aromatic heterocycles. The summed E-state index contributed by atoms with van der Waals surface area (Å²) in [5.41, 5.74) is 1.90. The van der Waals surface area contributed by atoms with Crippen molar-refractivity contribution < 1.29 is 17.9 Å². The van der Waals surface area contributed by atoms with E-state index in [1.165, 1.54) is 6.07 Å². The zero-order chi connectivity index (χ0) is 23.5. The van der Waals surface area contributed by atoms with Gasteiger partial charge in [-0.15, -0.1) is 0 Å². The first-order valence-electron chi connectivity index (χ1n) is 10.0. The molecule has 2 heterocycles. The van der Waals surface area contributed by atoms with E-state index in [9.17, 15) is 13.2 Å². The number of nitrogens with one attached hydrogen (secondary N) is 1. The second-order valence-electron chi connectivity index (χ2n) is 7.27. The van der Waals surface area contributed by atoms with E-state index >= 15 is 0 Å². The van der Waals surface area contributed by atoms with Gasteiger partial charge >= 0.3 is 0 Å². The van der Waals surface area contributed by atoms with Gasteiger partial charge in [0.05, 0.1) is 13.7 Å². The van der Waals surface area contributed by atoms with Crippen LogP contribution in [0.3, 0.4) is 0 Å². The number of hydrogen-bond donors (Lipinski definition) is 1. The van der Waals surface area contributed by atoms with E-state index in [1.54, 1.807) is 19.2 Å². The molecular weight excluding hydrogens is 567 g/mol. The van der Waals surface area contributed by atoms with Crippen LogP contribution in [0.1, 0.15) is 48.1 Å². The summed E-state index contributed by atoms with van der Waals surface area (Å²) in [6.07, 6.45) is 2.11. The van der Waals surface area contributed by atoms with E-state index in [2.05, 4.69) is 14.7 Å². The second kappa shape index (κ2) is 10.3. The number of hydrogen-bond acceptors (Lipinski definition) is 6. The number of aryl methyl sites for hydroxylation is 1. The van der Waals surface area contributed by atoms with Gasteiger partial charge in [0, 0.05) is 5.02 Å². The number of rotatable bonds is 9. The SMILES string of the molecule is CCCCC(I)S(=O)(=O)NC(=O)c1ccc2nc(C)n(Cc3ccc(OC)cc3Cl)c2n1. The molecule has 1 aromatic carbocycles. The third kappa shape index (κ3) is 5.52. The number of fused-ring (bicyclic) bond motifs is 1. The fourth-order valence-corrected chi connectivity index (χ4v) is 5.17. The Morgan fingerprint density at radius 3 is 2.69 bits per heavy atom. The van der Waals surface area contributed by atoms with Crippen LogP contribution in [-0.2, 0) is 16.6 Å². The van der Waals surface area contributed by atoms with Crippen LogP contribution in [0.2, 0.25) is 5.02 Å². The average molecular weight is 591 g/mol. The summed E-state index contributed by atoms with van der Waals surface area (Å²) in [4.78, 5) is 21.6. The Labute approximate surface area is 205 Å². The van der Waals surface area contributed by atoms with Gasteiger partial charge in [0.1, 0.15) is 26.0 Å². The van der Waals surface area contributed by atoms with Crippen LogP contribution in [-0.4, -0.2) is 39.2 Å². The lowest BCUT2D eigenvalue weighted by atomic mass is 10.2. The second-order valence-corrected chi connectivity index (χ2v) is 11.9. The molecule has 11 heteroatoms. The summed E-state index contributed by atoms with van der Waals surface area (Å²) in [5, 5.41) is 0.533. The van der Waals surface area contributed by atoms with E-state index in [-0.39, 0.29) is 5.69 Å². The van der Waals surface area contributed by atoms with Crippen LogP contribution < -0.4 is 9.46 Å². The van der Waals surface area contributed by atoms with Gasteiger partial charge in [0.25, 0.3) is 5.91 Å². The predicted molar refractivity (Wildman–Crippen MR) is 133 cm³/mol. The number of ether oxygens (including phenoxy) is 1. The maximum absolute atomic E-state index is 12.7. The van der Waals surface area contributed by atoms with Crippen molar-refractivity contribution in [3.63, 3.8) is 0 Å². The summed E-state index contributed by atoms with van der Waals surface area (Å²) in [5.74, 6) is 0.575. The Kier molecular flexibility index (Phi) is 7.99. The topological polar surface area (TPSA) is 103 Å². The number of carbonyl (C=O) groups is 1. The molecule has 1 N–H and O–H groups in total. The molecule has 0 aliphatic carbocycles. The Morgan fingerprint density at radius 1 is 1.28 bits per heavy atom. The average Bonchev–Trinajstić information content (AvgIpc) is 3.07. The number of imidazole rings is 1. The number of pyridine rings is 1. The van der Waals surface area contributed by atoms with Crippen LogP contribution in [0.5, 0.6) is 5.75 Å². The number of alkyl halides is 1. The Hall–Kier alpha value is -1.92. The van der Waals surface area contributed by atoms with Gasteiger partial charge in [-0.2, -0.15) is 0 Å². The Bertz CT molecular complexity index is 1250. The van der Waals surface area contributed by atoms with Crippen LogP contribution in [0.15, 0.2) is 30.3 Å². The minimum absolute atomic E-state index is 0.00199. The summed E-state index contributed by atoms with van der Waals surface area (Å²) < 4.78 is 33.4. The van der Waals surface area contributed by atoms with Crippen LogP contribution in [0.4, 0.5) is 0 Å². The maximum Gasteiger partial charge on any atom is 0.283 e. The number of halogens is 2. The number of aromatic nitrogens is 3. The third-order valence-corrected chi connectivity index (χ3v) is 9.32. The zero-order valence-electron chi connectivity index (χ0n) is 17.9. The first-order valence-corrected chi connectivity index (χ1v) is 13.2. The highest BCUT2D eigenvalue weighted by Gasteiger charge is 2.25. The molecule has 32 heavy (non-hydrogen) atoms. The van der Waals surface area contributed by atoms with Gasteiger partial charge < -0.3 is 9.30 Å². The molecule has 0 aliphatic rings. The minimum Gasteiger partial charge on any atom is -0.497 e. The lowest BCUT2D eigenvalue weighted by Gasteiger charge is -2.12. The van der Waals surface area contributed by atoms with E-state index in [4.69, 9.17) is 16.3 Å². The van der Waals surface area contributed by atoms with E-state index < -0.39 is 19.2 Å². The van der Waals surface area contributed by atoms with Crippen molar-refractivity contribution in [3.05, 3.63) is 52.4 Å². The molecular formula is C21H24ClIN4O4S. The lowest BCUT2D eigenvalue weighted by Crippen LogP contribution is -2.36. The molecule has 0 aliphatic heterocycles. The van der Waals surface area contributed by atoms with Crippen molar-refractivity contribution >= 4 is 61.3 Å². The van der Waals surface area contributed by atoms with Gasteiger partial charge in [0.2, 0.25) is 10.0 Å². The molecule has 0 bridgehead atoms. The number of benzene rings is 1. The molecule has 0 spiro atoms. The minimum atomic E-state index is -3.80. The molecule has 1 atom stereocenters. The third-order valence-electron chi connectivity index (χ3n) is 4.96. The highest BCUT2D eigenvalue weighted by Crippen LogP contribution is 2.25.